The highest BCUT2D eigenvalue weighted by atomic mass is 127. The van der Waals surface area contributed by atoms with E-state index in [1.807, 2.05) is 0 Å². The van der Waals surface area contributed by atoms with Crippen LogP contribution < -0.4 is 5.73 Å². The van der Waals surface area contributed by atoms with Gasteiger partial charge >= 0.3 is 5.97 Å². The van der Waals surface area contributed by atoms with E-state index in [0.29, 0.717) is 0 Å². The van der Waals surface area contributed by atoms with Crippen molar-refractivity contribution < 1.29 is 18.3 Å². The van der Waals surface area contributed by atoms with Crippen molar-refractivity contribution >= 4 is 34.4 Å². The SMILES string of the molecule is COC(=O)Cc1cc(C(F)F)c(I)nc1N. The van der Waals surface area contributed by atoms with Crippen LogP contribution in [0.15, 0.2) is 6.07 Å². The summed E-state index contributed by atoms with van der Waals surface area (Å²) in [7, 11) is 1.21. The summed E-state index contributed by atoms with van der Waals surface area (Å²) in [4.78, 5) is 14.8. The van der Waals surface area contributed by atoms with Gasteiger partial charge in [-0.15, -0.1) is 0 Å². The third kappa shape index (κ3) is 3.00. The summed E-state index contributed by atoms with van der Waals surface area (Å²) in [6.07, 6.45) is -2.80. The van der Waals surface area contributed by atoms with Crippen LogP contribution >= 0.6 is 22.6 Å². The lowest BCUT2D eigenvalue weighted by molar-refractivity contribution is -0.139. The molecule has 88 valence electrons. The maximum Gasteiger partial charge on any atom is 0.310 e. The third-order valence-corrected chi connectivity index (χ3v) is 2.78. The van der Waals surface area contributed by atoms with Crippen molar-refractivity contribution in [3.8, 4) is 0 Å². The zero-order valence-electron chi connectivity index (χ0n) is 8.34. The van der Waals surface area contributed by atoms with Crippen LogP contribution in [0.5, 0.6) is 0 Å². The Labute approximate surface area is 104 Å². The summed E-state index contributed by atoms with van der Waals surface area (Å²) in [5, 5.41) is 0. The molecule has 0 aliphatic heterocycles. The summed E-state index contributed by atoms with van der Waals surface area (Å²) in [6.45, 7) is 0. The fourth-order valence-corrected chi connectivity index (χ4v) is 1.74. The number of hydrogen-bond acceptors (Lipinski definition) is 4. The van der Waals surface area contributed by atoms with E-state index < -0.39 is 12.4 Å². The summed E-state index contributed by atoms with van der Waals surface area (Å²) in [5.74, 6) is -0.478. The second-order valence-electron chi connectivity index (χ2n) is 2.97. The molecule has 0 unspecified atom stereocenters. The maximum absolute atomic E-state index is 12.6. The molecule has 0 radical (unpaired) electrons. The summed E-state index contributed by atoms with van der Waals surface area (Å²) < 4.78 is 29.7. The van der Waals surface area contributed by atoms with Gasteiger partial charge in [-0.1, -0.05) is 0 Å². The lowest BCUT2D eigenvalue weighted by atomic mass is 10.1. The van der Waals surface area contributed by atoms with Gasteiger partial charge in [0.1, 0.15) is 9.52 Å². The number of nitrogens with two attached hydrogens (primary N) is 1. The lowest BCUT2D eigenvalue weighted by Gasteiger charge is -2.08. The number of nitrogen functional groups attached to an aromatic ring is 1. The number of ether oxygens (including phenoxy) is 1. The van der Waals surface area contributed by atoms with Gasteiger partial charge in [-0.25, -0.2) is 13.8 Å². The van der Waals surface area contributed by atoms with Gasteiger partial charge in [-0.2, -0.15) is 0 Å². The molecule has 1 aromatic rings. The minimum absolute atomic E-state index is 0.0687. The van der Waals surface area contributed by atoms with Crippen molar-refractivity contribution in [2.24, 2.45) is 0 Å². The molecule has 0 aliphatic rings. The third-order valence-electron chi connectivity index (χ3n) is 1.91. The number of methoxy groups -OCH3 is 1. The van der Waals surface area contributed by atoms with Crippen LogP contribution in [0.25, 0.3) is 0 Å². The van der Waals surface area contributed by atoms with Crippen molar-refractivity contribution in [1.82, 2.24) is 4.98 Å². The number of halogens is 3. The number of anilines is 1. The van der Waals surface area contributed by atoms with Crippen LogP contribution in [0.4, 0.5) is 14.6 Å². The normalized spacial score (nSPS) is 10.6. The van der Waals surface area contributed by atoms with Crippen LogP contribution in [-0.4, -0.2) is 18.1 Å². The molecule has 1 aromatic heterocycles. The zero-order chi connectivity index (χ0) is 12.3. The molecule has 0 saturated heterocycles. The van der Waals surface area contributed by atoms with Gasteiger partial charge in [0, 0.05) is 5.56 Å². The van der Waals surface area contributed by atoms with Crippen molar-refractivity contribution in [2.45, 2.75) is 12.8 Å². The first-order valence-corrected chi connectivity index (χ1v) is 5.33. The number of carbonyl (C=O) groups is 1. The Hall–Kier alpha value is -0.990. The fraction of sp³-hybridized carbons (Fsp3) is 0.333. The zero-order valence-corrected chi connectivity index (χ0v) is 10.5. The molecular formula is C9H9F2IN2O2. The summed E-state index contributed by atoms with van der Waals surface area (Å²) in [6, 6.07) is 1.19. The van der Waals surface area contributed by atoms with Gasteiger partial charge in [0.15, 0.2) is 0 Å². The molecular weight excluding hydrogens is 333 g/mol. The minimum atomic E-state index is -2.64. The standard InChI is InChI=1S/C9H9F2IN2O2/c1-16-6(15)3-4-2-5(7(10)11)8(12)14-9(4)13/h2,7H,3H2,1H3,(H2,13,14). The second kappa shape index (κ2) is 5.37. The van der Waals surface area contributed by atoms with E-state index in [9.17, 15) is 13.6 Å². The van der Waals surface area contributed by atoms with Crippen LogP contribution in [0.1, 0.15) is 17.6 Å². The first-order valence-electron chi connectivity index (χ1n) is 4.25. The van der Waals surface area contributed by atoms with E-state index in [1.54, 1.807) is 22.6 Å². The van der Waals surface area contributed by atoms with Crippen LogP contribution in [0.3, 0.4) is 0 Å². The van der Waals surface area contributed by atoms with Crippen LogP contribution in [-0.2, 0) is 16.0 Å². The molecule has 4 nitrogen and oxygen atoms in total. The maximum atomic E-state index is 12.6. The molecule has 16 heavy (non-hydrogen) atoms. The van der Waals surface area contributed by atoms with E-state index in [2.05, 4.69) is 9.72 Å². The Morgan fingerprint density at radius 1 is 1.69 bits per heavy atom. The van der Waals surface area contributed by atoms with Gasteiger partial charge in [-0.3, -0.25) is 4.79 Å². The smallest absolute Gasteiger partial charge is 0.310 e. The molecule has 0 aromatic carbocycles. The van der Waals surface area contributed by atoms with Gasteiger partial charge in [0.2, 0.25) is 0 Å². The van der Waals surface area contributed by atoms with E-state index in [0.717, 1.165) is 0 Å². The van der Waals surface area contributed by atoms with E-state index >= 15 is 0 Å². The molecule has 0 bridgehead atoms. The largest absolute Gasteiger partial charge is 0.469 e. The molecule has 7 heteroatoms. The average molecular weight is 342 g/mol. The first kappa shape index (κ1) is 13.1. The number of rotatable bonds is 3. The quantitative estimate of drug-likeness (QED) is 0.518. The lowest BCUT2D eigenvalue weighted by Crippen LogP contribution is -2.10. The second-order valence-corrected chi connectivity index (χ2v) is 3.99. The Bertz CT molecular complexity index is 413. The molecule has 0 aliphatic carbocycles. The molecule has 1 rings (SSSR count). The van der Waals surface area contributed by atoms with Crippen molar-refractivity contribution in [3.05, 3.63) is 20.9 Å². The number of esters is 1. The summed E-state index contributed by atoms with van der Waals surface area (Å²) in [5.41, 5.74) is 5.55. The Morgan fingerprint density at radius 3 is 2.81 bits per heavy atom. The number of nitrogens with zero attached hydrogens (tertiary/aromatic N) is 1. The Kier molecular flexibility index (Phi) is 4.39. The highest BCUT2D eigenvalue weighted by molar-refractivity contribution is 14.1. The molecule has 0 spiro atoms. The van der Waals surface area contributed by atoms with Gasteiger partial charge in [0.05, 0.1) is 19.1 Å². The van der Waals surface area contributed by atoms with E-state index in [1.165, 1.54) is 13.2 Å². The Balaban J connectivity index is 3.09. The van der Waals surface area contributed by atoms with E-state index in [-0.39, 0.29) is 27.1 Å². The molecule has 0 saturated carbocycles. The molecule has 0 fully saturated rings. The molecule has 1 heterocycles. The number of carbonyl (C=O) groups excluding carboxylic acids is 1. The number of hydrogen-bond donors (Lipinski definition) is 1. The van der Waals surface area contributed by atoms with Gasteiger partial charge in [0.25, 0.3) is 6.43 Å². The molecule has 2 N–H and O–H groups in total. The van der Waals surface area contributed by atoms with Gasteiger partial charge in [-0.05, 0) is 28.7 Å². The monoisotopic (exact) mass is 342 g/mol. The van der Waals surface area contributed by atoms with E-state index in [4.69, 9.17) is 5.73 Å². The summed E-state index contributed by atoms with van der Waals surface area (Å²) >= 11 is 1.67. The van der Waals surface area contributed by atoms with Crippen LogP contribution in [0.2, 0.25) is 0 Å². The fourth-order valence-electron chi connectivity index (χ4n) is 1.09. The topological polar surface area (TPSA) is 65.2 Å². The highest BCUT2D eigenvalue weighted by Gasteiger charge is 2.17. The first-order chi connectivity index (χ1) is 7.45. The predicted octanol–water partition coefficient (Wildman–Crippen LogP) is 1.92. The number of pyridine rings is 1. The van der Waals surface area contributed by atoms with Crippen LogP contribution in [0, 0.1) is 3.70 Å². The molecule has 0 amide bonds. The van der Waals surface area contributed by atoms with Crippen molar-refractivity contribution in [3.63, 3.8) is 0 Å². The minimum Gasteiger partial charge on any atom is -0.469 e. The Morgan fingerprint density at radius 2 is 2.31 bits per heavy atom. The van der Waals surface area contributed by atoms with Crippen molar-refractivity contribution in [1.29, 1.82) is 0 Å². The average Bonchev–Trinajstić information content (AvgIpc) is 2.21. The predicted molar refractivity (Wildman–Crippen MR) is 62.0 cm³/mol. The van der Waals surface area contributed by atoms with Crippen molar-refractivity contribution in [2.75, 3.05) is 12.8 Å². The molecule has 0 atom stereocenters. The number of alkyl halides is 2. The van der Waals surface area contributed by atoms with Gasteiger partial charge < -0.3 is 10.5 Å². The highest BCUT2D eigenvalue weighted by Crippen LogP contribution is 2.26. The number of aromatic nitrogens is 1.